The molecule has 5 nitrogen and oxygen atoms in total. The van der Waals surface area contributed by atoms with Crippen molar-refractivity contribution in [2.75, 3.05) is 24.3 Å². The Hall–Kier alpha value is -1.27. The molecule has 0 saturated carbocycles. The van der Waals surface area contributed by atoms with Gasteiger partial charge in [0.05, 0.1) is 11.9 Å². The van der Waals surface area contributed by atoms with Crippen molar-refractivity contribution >= 4 is 23.4 Å². The van der Waals surface area contributed by atoms with E-state index in [2.05, 4.69) is 24.3 Å². The van der Waals surface area contributed by atoms with Crippen molar-refractivity contribution < 1.29 is 4.79 Å². The van der Waals surface area contributed by atoms with Gasteiger partial charge in [0.25, 0.3) is 5.91 Å². The molecule has 1 amide bonds. The number of nitrogens with two attached hydrogens (primary N) is 1. The molecule has 98 valence electrons. The van der Waals surface area contributed by atoms with Gasteiger partial charge in [0, 0.05) is 23.6 Å². The summed E-state index contributed by atoms with van der Waals surface area (Å²) in [4.78, 5) is 18.3. The lowest BCUT2D eigenvalue weighted by atomic mass is 10.1. The first-order chi connectivity index (χ1) is 8.52. The second kappa shape index (κ2) is 5.16. The van der Waals surface area contributed by atoms with Gasteiger partial charge in [-0.25, -0.2) is 4.98 Å². The highest BCUT2D eigenvalue weighted by Crippen LogP contribution is 2.30. The summed E-state index contributed by atoms with van der Waals surface area (Å²) in [6, 6.07) is 3.45. The molecule has 0 atom stereocenters. The molecular formula is C12H18N4OS. The number of anilines is 1. The number of hydrazine groups is 1. The van der Waals surface area contributed by atoms with Crippen molar-refractivity contribution in [3.63, 3.8) is 0 Å². The first kappa shape index (κ1) is 13.2. The summed E-state index contributed by atoms with van der Waals surface area (Å²) < 4.78 is 0.118. The van der Waals surface area contributed by atoms with Gasteiger partial charge in [-0.15, -0.1) is 0 Å². The monoisotopic (exact) mass is 266 g/mol. The number of thioether (sulfide) groups is 1. The lowest BCUT2D eigenvalue weighted by molar-refractivity contribution is 0.0742. The standard InChI is InChI=1S/C12H18N4OS/c1-12(2)8-16(5-6-18-12)11(17)10-4-3-9(15-13)7-14-10/h3-4,7,15H,5-6,8,13H2,1-2H3. The van der Waals surface area contributed by atoms with E-state index in [0.29, 0.717) is 11.4 Å². The second-order valence-electron chi connectivity index (χ2n) is 4.91. The predicted molar refractivity (Wildman–Crippen MR) is 74.5 cm³/mol. The zero-order chi connectivity index (χ0) is 13.2. The van der Waals surface area contributed by atoms with Crippen LogP contribution in [0.5, 0.6) is 0 Å². The Morgan fingerprint density at radius 1 is 1.56 bits per heavy atom. The molecule has 0 bridgehead atoms. The van der Waals surface area contributed by atoms with Gasteiger partial charge in [-0.3, -0.25) is 10.6 Å². The zero-order valence-corrected chi connectivity index (χ0v) is 11.5. The molecule has 1 aromatic heterocycles. The van der Waals surface area contributed by atoms with Crippen molar-refractivity contribution in [1.29, 1.82) is 0 Å². The normalized spacial score (nSPS) is 18.5. The minimum atomic E-state index is -0.00746. The number of carbonyl (C=O) groups excluding carboxylic acids is 1. The first-order valence-electron chi connectivity index (χ1n) is 5.88. The van der Waals surface area contributed by atoms with E-state index in [0.717, 1.165) is 18.8 Å². The summed E-state index contributed by atoms with van der Waals surface area (Å²) in [5.74, 6) is 6.23. The minimum absolute atomic E-state index is 0.00746. The van der Waals surface area contributed by atoms with Crippen LogP contribution in [0, 0.1) is 0 Å². The number of carbonyl (C=O) groups is 1. The Kier molecular flexibility index (Phi) is 3.77. The van der Waals surface area contributed by atoms with Crippen LogP contribution in [0.25, 0.3) is 0 Å². The third kappa shape index (κ3) is 2.94. The van der Waals surface area contributed by atoms with Gasteiger partial charge in [0.15, 0.2) is 0 Å². The van der Waals surface area contributed by atoms with E-state index in [1.807, 2.05) is 16.7 Å². The number of hydrogen-bond acceptors (Lipinski definition) is 5. The van der Waals surface area contributed by atoms with Crippen LogP contribution in [-0.2, 0) is 0 Å². The average molecular weight is 266 g/mol. The Balaban J connectivity index is 2.10. The van der Waals surface area contributed by atoms with Crippen LogP contribution < -0.4 is 11.3 Å². The molecule has 1 aliphatic heterocycles. The maximum atomic E-state index is 12.3. The van der Waals surface area contributed by atoms with Crippen molar-refractivity contribution in [3.05, 3.63) is 24.0 Å². The van der Waals surface area contributed by atoms with E-state index in [-0.39, 0.29) is 10.7 Å². The highest BCUT2D eigenvalue weighted by atomic mass is 32.2. The molecule has 3 N–H and O–H groups in total. The molecule has 1 fully saturated rings. The van der Waals surface area contributed by atoms with Crippen LogP contribution in [0.4, 0.5) is 5.69 Å². The number of aromatic nitrogens is 1. The number of nitrogen functional groups attached to an aromatic ring is 1. The highest BCUT2D eigenvalue weighted by Gasteiger charge is 2.30. The second-order valence-corrected chi connectivity index (χ2v) is 6.71. The van der Waals surface area contributed by atoms with E-state index in [9.17, 15) is 4.79 Å². The van der Waals surface area contributed by atoms with Gasteiger partial charge in [-0.05, 0) is 26.0 Å². The Morgan fingerprint density at radius 3 is 2.89 bits per heavy atom. The smallest absolute Gasteiger partial charge is 0.272 e. The lowest BCUT2D eigenvalue weighted by Crippen LogP contribution is -2.46. The molecular weight excluding hydrogens is 248 g/mol. The van der Waals surface area contributed by atoms with Gasteiger partial charge < -0.3 is 10.3 Å². The minimum Gasteiger partial charge on any atom is -0.335 e. The van der Waals surface area contributed by atoms with Gasteiger partial charge >= 0.3 is 0 Å². The SMILES string of the molecule is CC1(C)CN(C(=O)c2ccc(NN)cn2)CCS1. The fraction of sp³-hybridized carbons (Fsp3) is 0.500. The first-order valence-corrected chi connectivity index (χ1v) is 6.86. The van der Waals surface area contributed by atoms with E-state index in [1.165, 1.54) is 0 Å². The quantitative estimate of drug-likeness (QED) is 0.624. The molecule has 0 aromatic carbocycles. The van der Waals surface area contributed by atoms with Crippen LogP contribution in [0.2, 0.25) is 0 Å². The number of nitrogens with zero attached hydrogens (tertiary/aromatic N) is 2. The van der Waals surface area contributed by atoms with Crippen molar-refractivity contribution in [1.82, 2.24) is 9.88 Å². The summed E-state index contributed by atoms with van der Waals surface area (Å²) in [6.07, 6.45) is 1.57. The van der Waals surface area contributed by atoms with E-state index in [1.54, 1.807) is 18.3 Å². The molecule has 1 aromatic rings. The Morgan fingerprint density at radius 2 is 2.33 bits per heavy atom. The third-order valence-corrected chi connectivity index (χ3v) is 4.16. The van der Waals surface area contributed by atoms with Crippen molar-refractivity contribution in [2.24, 2.45) is 5.84 Å². The van der Waals surface area contributed by atoms with Gasteiger partial charge in [0.1, 0.15) is 5.69 Å². The maximum absolute atomic E-state index is 12.3. The van der Waals surface area contributed by atoms with Crippen molar-refractivity contribution in [3.8, 4) is 0 Å². The third-order valence-electron chi connectivity index (χ3n) is 2.86. The molecule has 2 heterocycles. The average Bonchev–Trinajstić information content (AvgIpc) is 2.37. The molecule has 18 heavy (non-hydrogen) atoms. The molecule has 6 heteroatoms. The van der Waals surface area contributed by atoms with Crippen LogP contribution in [0.15, 0.2) is 18.3 Å². The maximum Gasteiger partial charge on any atom is 0.272 e. The fourth-order valence-corrected chi connectivity index (χ4v) is 3.07. The van der Waals surface area contributed by atoms with Crippen LogP contribution in [0.3, 0.4) is 0 Å². The number of rotatable bonds is 2. The molecule has 0 unspecified atom stereocenters. The van der Waals surface area contributed by atoms with Gasteiger partial charge in [0.2, 0.25) is 0 Å². The number of hydrogen-bond donors (Lipinski definition) is 2. The van der Waals surface area contributed by atoms with Gasteiger partial charge in [-0.1, -0.05) is 0 Å². The molecule has 0 radical (unpaired) electrons. The summed E-state index contributed by atoms with van der Waals surface area (Å²) in [5.41, 5.74) is 3.66. The Labute approximate surface area is 111 Å². The van der Waals surface area contributed by atoms with Crippen molar-refractivity contribution in [2.45, 2.75) is 18.6 Å². The summed E-state index contributed by atoms with van der Waals surface area (Å²) in [6.45, 7) is 5.86. The number of amides is 1. The van der Waals surface area contributed by atoms with E-state index in [4.69, 9.17) is 5.84 Å². The molecule has 1 saturated heterocycles. The zero-order valence-electron chi connectivity index (χ0n) is 10.6. The molecule has 0 spiro atoms. The fourth-order valence-electron chi connectivity index (χ4n) is 1.96. The van der Waals surface area contributed by atoms with E-state index < -0.39 is 0 Å². The van der Waals surface area contributed by atoms with Gasteiger partial charge in [-0.2, -0.15) is 11.8 Å². The van der Waals surface area contributed by atoms with E-state index >= 15 is 0 Å². The summed E-state index contributed by atoms with van der Waals surface area (Å²) >= 11 is 1.90. The topological polar surface area (TPSA) is 71.2 Å². The molecule has 1 aliphatic rings. The summed E-state index contributed by atoms with van der Waals surface area (Å²) in [5, 5.41) is 0. The highest BCUT2D eigenvalue weighted by molar-refractivity contribution is 8.00. The lowest BCUT2D eigenvalue weighted by Gasteiger charge is -2.37. The Bertz CT molecular complexity index is 432. The molecule has 0 aliphatic carbocycles. The number of nitrogens with one attached hydrogen (secondary N) is 1. The predicted octanol–water partition coefficient (Wildman–Crippen LogP) is 1.33. The van der Waals surface area contributed by atoms with Crippen LogP contribution in [-0.4, -0.2) is 39.4 Å². The largest absolute Gasteiger partial charge is 0.335 e. The summed E-state index contributed by atoms with van der Waals surface area (Å²) in [7, 11) is 0. The van der Waals surface area contributed by atoms with Crippen LogP contribution in [0.1, 0.15) is 24.3 Å². The number of pyridine rings is 1. The molecule has 2 rings (SSSR count). The van der Waals surface area contributed by atoms with Crippen LogP contribution >= 0.6 is 11.8 Å².